The normalized spacial score (nSPS) is 11.2. The van der Waals surface area contributed by atoms with Gasteiger partial charge >= 0.3 is 0 Å². The van der Waals surface area contributed by atoms with E-state index in [0.29, 0.717) is 32.3 Å². The van der Waals surface area contributed by atoms with Crippen molar-refractivity contribution in [3.63, 3.8) is 0 Å². The van der Waals surface area contributed by atoms with Gasteiger partial charge in [-0.25, -0.2) is 4.98 Å². The van der Waals surface area contributed by atoms with Crippen molar-refractivity contribution in [2.45, 2.75) is 19.8 Å². The van der Waals surface area contributed by atoms with Gasteiger partial charge in [0.2, 0.25) is 11.2 Å². The third-order valence-corrected chi connectivity index (χ3v) is 4.18. The van der Waals surface area contributed by atoms with Gasteiger partial charge in [0.05, 0.1) is 12.0 Å². The third-order valence-electron chi connectivity index (χ3n) is 2.83. The molecular weight excluding hydrogens is 312 g/mol. The number of aryl methyl sites for hydroxylation is 1. The maximum Gasteiger partial charge on any atom is 0.227 e. The summed E-state index contributed by atoms with van der Waals surface area (Å²) in [5, 5.41) is 1.13. The quantitative estimate of drug-likeness (QED) is 0.521. The van der Waals surface area contributed by atoms with E-state index in [1.165, 1.54) is 4.88 Å². The zero-order valence-electron chi connectivity index (χ0n) is 12.2. The fourth-order valence-corrected chi connectivity index (χ4v) is 2.98. The van der Waals surface area contributed by atoms with Crippen LogP contribution in [0.1, 0.15) is 18.2 Å². The fraction of sp³-hybridized carbons (Fsp3) is 0.571. The maximum atomic E-state index is 5.93. The van der Waals surface area contributed by atoms with E-state index in [-0.39, 0.29) is 5.28 Å². The van der Waals surface area contributed by atoms with E-state index in [0.717, 1.165) is 23.1 Å². The summed E-state index contributed by atoms with van der Waals surface area (Å²) in [4.78, 5) is 10.5. The summed E-state index contributed by atoms with van der Waals surface area (Å²) in [6.07, 6.45) is 1.84. The molecule has 0 spiro atoms. The van der Waals surface area contributed by atoms with Crippen LogP contribution in [0.4, 0.5) is 0 Å². The number of ether oxygens (including phenoxy) is 3. The maximum absolute atomic E-state index is 5.93. The van der Waals surface area contributed by atoms with Gasteiger partial charge in [0.25, 0.3) is 0 Å². The molecule has 2 aromatic rings. The number of thiophene rings is 1. The highest BCUT2D eigenvalue weighted by Crippen LogP contribution is 2.31. The summed E-state index contributed by atoms with van der Waals surface area (Å²) < 4.78 is 16.1. The van der Waals surface area contributed by atoms with Gasteiger partial charge in [-0.3, -0.25) is 0 Å². The minimum atomic E-state index is 0.211. The van der Waals surface area contributed by atoms with Gasteiger partial charge in [0.1, 0.15) is 11.4 Å². The molecule has 0 aromatic carbocycles. The van der Waals surface area contributed by atoms with Gasteiger partial charge in [-0.15, -0.1) is 11.3 Å². The lowest BCUT2D eigenvalue weighted by Gasteiger charge is -2.07. The van der Waals surface area contributed by atoms with Crippen LogP contribution in [0.2, 0.25) is 5.28 Å². The second kappa shape index (κ2) is 8.48. The molecular formula is C14H19ClN2O3S. The minimum absolute atomic E-state index is 0.211. The molecule has 0 radical (unpaired) electrons. The van der Waals surface area contributed by atoms with Gasteiger partial charge in [-0.05, 0) is 30.5 Å². The van der Waals surface area contributed by atoms with Crippen molar-refractivity contribution in [1.29, 1.82) is 0 Å². The Bertz CT molecular complexity index is 577. The second-order valence-electron chi connectivity index (χ2n) is 4.39. The molecule has 0 aliphatic heterocycles. The van der Waals surface area contributed by atoms with Crippen molar-refractivity contribution in [3.8, 4) is 5.88 Å². The summed E-state index contributed by atoms with van der Waals surface area (Å²) in [6, 6.07) is 2.06. The molecule has 0 unspecified atom stereocenters. The average molecular weight is 331 g/mol. The van der Waals surface area contributed by atoms with Crippen LogP contribution < -0.4 is 4.74 Å². The highest BCUT2D eigenvalue weighted by Gasteiger charge is 2.11. The Hall–Kier alpha value is -0.950. The van der Waals surface area contributed by atoms with Crippen LogP contribution in [-0.4, -0.2) is 43.5 Å². The molecule has 0 amide bonds. The molecule has 0 aliphatic carbocycles. The number of methoxy groups -OCH3 is 1. The molecule has 0 fully saturated rings. The van der Waals surface area contributed by atoms with Crippen LogP contribution in [0.5, 0.6) is 5.88 Å². The molecule has 0 saturated heterocycles. The summed E-state index contributed by atoms with van der Waals surface area (Å²) in [7, 11) is 1.68. The Balaban J connectivity index is 1.90. The van der Waals surface area contributed by atoms with Crippen molar-refractivity contribution >= 4 is 33.2 Å². The van der Waals surface area contributed by atoms with Gasteiger partial charge < -0.3 is 14.2 Å². The summed E-state index contributed by atoms with van der Waals surface area (Å²) in [6.45, 7) is 4.42. The summed E-state index contributed by atoms with van der Waals surface area (Å²) >= 11 is 7.55. The lowest BCUT2D eigenvalue weighted by Crippen LogP contribution is -2.09. The van der Waals surface area contributed by atoms with Crippen LogP contribution in [0.15, 0.2) is 6.07 Å². The number of halogens is 1. The number of fused-ring (bicyclic) bond motifs is 1. The molecule has 7 heteroatoms. The van der Waals surface area contributed by atoms with Gasteiger partial charge in [-0.2, -0.15) is 4.98 Å². The zero-order valence-corrected chi connectivity index (χ0v) is 13.8. The topological polar surface area (TPSA) is 53.5 Å². The molecule has 2 aromatic heterocycles. The Morgan fingerprint density at radius 2 is 2.05 bits per heavy atom. The molecule has 0 saturated carbocycles. The molecule has 2 heterocycles. The molecule has 0 aliphatic rings. The molecule has 0 atom stereocenters. The van der Waals surface area contributed by atoms with Crippen LogP contribution >= 0.6 is 22.9 Å². The van der Waals surface area contributed by atoms with Crippen LogP contribution in [0.3, 0.4) is 0 Å². The number of nitrogens with zero attached hydrogens (tertiary/aromatic N) is 2. The molecule has 5 nitrogen and oxygen atoms in total. The monoisotopic (exact) mass is 330 g/mol. The molecule has 0 bridgehead atoms. The van der Waals surface area contributed by atoms with Gasteiger partial charge in [-0.1, -0.05) is 6.92 Å². The Kier molecular flexibility index (Phi) is 6.63. The minimum Gasteiger partial charge on any atom is -0.475 e. The largest absolute Gasteiger partial charge is 0.475 e. The van der Waals surface area contributed by atoms with E-state index < -0.39 is 0 Å². The van der Waals surface area contributed by atoms with Crippen molar-refractivity contribution < 1.29 is 14.2 Å². The molecule has 21 heavy (non-hydrogen) atoms. The third kappa shape index (κ3) is 4.78. The Morgan fingerprint density at radius 3 is 2.81 bits per heavy atom. The lowest BCUT2D eigenvalue weighted by atomic mass is 10.3. The van der Waals surface area contributed by atoms with Crippen LogP contribution in [0.25, 0.3) is 10.2 Å². The average Bonchev–Trinajstić information content (AvgIpc) is 2.89. The predicted molar refractivity (Wildman–Crippen MR) is 84.6 cm³/mol. The van der Waals surface area contributed by atoms with E-state index in [2.05, 4.69) is 23.0 Å². The van der Waals surface area contributed by atoms with E-state index in [1.807, 2.05) is 0 Å². The molecule has 116 valence electrons. The van der Waals surface area contributed by atoms with Gasteiger partial charge in [0.15, 0.2) is 0 Å². The first-order chi connectivity index (χ1) is 10.2. The number of hydrogen-bond donors (Lipinski definition) is 0. The number of aromatic nitrogens is 2. The van der Waals surface area contributed by atoms with Crippen LogP contribution in [-0.2, 0) is 15.9 Å². The smallest absolute Gasteiger partial charge is 0.227 e. The lowest BCUT2D eigenvalue weighted by molar-refractivity contribution is 0.0799. The highest BCUT2D eigenvalue weighted by atomic mass is 35.5. The predicted octanol–water partition coefficient (Wildman–Crippen LogP) is 3.34. The van der Waals surface area contributed by atoms with E-state index in [1.54, 1.807) is 18.4 Å². The number of hydrogen-bond acceptors (Lipinski definition) is 6. The fourth-order valence-electron chi connectivity index (χ4n) is 1.81. The van der Waals surface area contributed by atoms with Gasteiger partial charge in [0, 0.05) is 25.2 Å². The van der Waals surface area contributed by atoms with E-state index >= 15 is 0 Å². The Morgan fingerprint density at radius 1 is 1.19 bits per heavy atom. The van der Waals surface area contributed by atoms with E-state index in [4.69, 9.17) is 25.8 Å². The van der Waals surface area contributed by atoms with Crippen LogP contribution in [0, 0.1) is 0 Å². The van der Waals surface area contributed by atoms with Crippen molar-refractivity contribution in [1.82, 2.24) is 9.97 Å². The highest BCUT2D eigenvalue weighted by molar-refractivity contribution is 7.18. The SMILES string of the molecule is CCc1cc2c(OCCOCCCOC)nc(Cl)nc2s1. The number of rotatable bonds is 9. The summed E-state index contributed by atoms with van der Waals surface area (Å²) in [5.41, 5.74) is 0. The van der Waals surface area contributed by atoms with Crippen molar-refractivity contribution in [2.75, 3.05) is 33.5 Å². The first-order valence-electron chi connectivity index (χ1n) is 6.90. The Labute approximate surface area is 133 Å². The van der Waals surface area contributed by atoms with Crippen molar-refractivity contribution in [2.24, 2.45) is 0 Å². The van der Waals surface area contributed by atoms with Crippen molar-refractivity contribution in [3.05, 3.63) is 16.2 Å². The first kappa shape index (κ1) is 16.4. The zero-order chi connectivity index (χ0) is 15.1. The van der Waals surface area contributed by atoms with E-state index in [9.17, 15) is 0 Å². The first-order valence-corrected chi connectivity index (χ1v) is 8.09. The molecule has 2 rings (SSSR count). The molecule has 0 N–H and O–H groups in total. The second-order valence-corrected chi connectivity index (χ2v) is 5.84. The standard InChI is InChI=1S/C14H19ClN2O3S/c1-3-10-9-11-12(16-14(15)17-13(11)21-10)20-8-7-19-6-4-5-18-2/h9H,3-8H2,1-2H3. The summed E-state index contributed by atoms with van der Waals surface area (Å²) in [5.74, 6) is 0.529.